The maximum absolute atomic E-state index is 5.75. The average Bonchev–Trinajstić information content (AvgIpc) is 2.64. The molecule has 6 nitrogen and oxygen atoms in total. The highest BCUT2D eigenvalue weighted by Gasteiger charge is 2.21. The molecule has 1 atom stereocenters. The van der Waals surface area contributed by atoms with E-state index in [1.807, 2.05) is 6.07 Å². The van der Waals surface area contributed by atoms with Crippen LogP contribution in [0.25, 0.3) is 0 Å². The van der Waals surface area contributed by atoms with Crippen molar-refractivity contribution in [2.45, 2.75) is 6.04 Å². The molecule has 2 aromatic heterocycles. The van der Waals surface area contributed by atoms with Crippen LogP contribution in [0.3, 0.4) is 0 Å². The molecule has 1 unspecified atom stereocenters. The maximum Gasteiger partial charge on any atom is 0.153 e. The van der Waals surface area contributed by atoms with Gasteiger partial charge in [-0.1, -0.05) is 22.9 Å². The largest absolute Gasteiger partial charge is 0.271 e. The molecule has 8 heteroatoms. The molecule has 17 heavy (non-hydrogen) atoms. The van der Waals surface area contributed by atoms with E-state index >= 15 is 0 Å². The minimum Gasteiger partial charge on any atom is -0.271 e. The number of aryl methyl sites for hydroxylation is 1. The minimum absolute atomic E-state index is 0.255. The first kappa shape index (κ1) is 12.4. The van der Waals surface area contributed by atoms with Crippen LogP contribution in [0.1, 0.15) is 17.3 Å². The van der Waals surface area contributed by atoms with Crippen LogP contribution in [0, 0.1) is 0 Å². The van der Waals surface area contributed by atoms with Gasteiger partial charge in [-0.2, -0.15) is 0 Å². The summed E-state index contributed by atoms with van der Waals surface area (Å²) in [6, 6.07) is 3.30. The fourth-order valence-corrected chi connectivity index (χ4v) is 2.20. The molecule has 0 aliphatic rings. The molecule has 0 amide bonds. The van der Waals surface area contributed by atoms with Gasteiger partial charge < -0.3 is 0 Å². The fraction of sp³-hybridized carbons (Fsp3) is 0.222. The van der Waals surface area contributed by atoms with Crippen LogP contribution in [-0.4, -0.2) is 20.0 Å². The standard InChI is InChI=1S/C9H10BrClN6/c1-17-8(9(10)15-16-17)7(14-12)5-2-3-6(11)13-4-5/h2-4,7,14H,12H2,1H3. The Morgan fingerprint density at radius 2 is 2.29 bits per heavy atom. The van der Waals surface area contributed by atoms with Crippen LogP contribution < -0.4 is 11.3 Å². The second kappa shape index (κ2) is 5.09. The predicted octanol–water partition coefficient (Wildman–Crippen LogP) is 1.18. The Hall–Kier alpha value is -1.02. The highest BCUT2D eigenvalue weighted by molar-refractivity contribution is 9.10. The third-order valence-corrected chi connectivity index (χ3v) is 3.14. The number of nitrogens with zero attached hydrogens (tertiary/aromatic N) is 4. The molecule has 2 heterocycles. The average molecular weight is 318 g/mol. The molecule has 2 rings (SSSR count). The van der Waals surface area contributed by atoms with Gasteiger partial charge in [0.2, 0.25) is 0 Å². The van der Waals surface area contributed by atoms with Crippen molar-refractivity contribution in [2.75, 3.05) is 0 Å². The maximum atomic E-state index is 5.75. The molecule has 0 aliphatic carbocycles. The zero-order valence-electron chi connectivity index (χ0n) is 8.93. The minimum atomic E-state index is -0.255. The number of hydrogen-bond donors (Lipinski definition) is 2. The summed E-state index contributed by atoms with van der Waals surface area (Å²) < 4.78 is 2.28. The Kier molecular flexibility index (Phi) is 3.72. The predicted molar refractivity (Wildman–Crippen MR) is 67.1 cm³/mol. The van der Waals surface area contributed by atoms with Gasteiger partial charge in [0.05, 0.1) is 11.7 Å². The lowest BCUT2D eigenvalue weighted by molar-refractivity contribution is 0.568. The van der Waals surface area contributed by atoms with Crippen LogP contribution in [0.5, 0.6) is 0 Å². The molecule has 90 valence electrons. The first-order chi connectivity index (χ1) is 8.13. The zero-order chi connectivity index (χ0) is 12.4. The number of hydrazine groups is 1. The number of aromatic nitrogens is 4. The van der Waals surface area contributed by atoms with E-state index in [2.05, 4.69) is 36.7 Å². The van der Waals surface area contributed by atoms with E-state index < -0.39 is 0 Å². The lowest BCUT2D eigenvalue weighted by atomic mass is 10.1. The molecule has 0 aromatic carbocycles. The van der Waals surface area contributed by atoms with Crippen molar-refractivity contribution in [3.63, 3.8) is 0 Å². The number of pyridine rings is 1. The molecular weight excluding hydrogens is 307 g/mol. The van der Waals surface area contributed by atoms with Crippen LogP contribution >= 0.6 is 27.5 Å². The number of nitrogens with one attached hydrogen (secondary N) is 1. The van der Waals surface area contributed by atoms with Gasteiger partial charge in [-0.25, -0.2) is 15.1 Å². The second-order valence-corrected chi connectivity index (χ2v) is 4.54. The molecule has 0 saturated carbocycles. The first-order valence-corrected chi connectivity index (χ1v) is 5.93. The summed E-state index contributed by atoms with van der Waals surface area (Å²) in [6.45, 7) is 0. The Balaban J connectivity index is 2.43. The summed E-state index contributed by atoms with van der Waals surface area (Å²) >= 11 is 9.08. The van der Waals surface area contributed by atoms with Gasteiger partial charge in [-0.3, -0.25) is 5.84 Å². The molecule has 0 saturated heterocycles. The van der Waals surface area contributed by atoms with Crippen molar-refractivity contribution in [3.8, 4) is 0 Å². The Bertz CT molecular complexity index is 491. The molecule has 0 bridgehead atoms. The highest BCUT2D eigenvalue weighted by Crippen LogP contribution is 2.25. The van der Waals surface area contributed by atoms with Crippen molar-refractivity contribution in [1.29, 1.82) is 0 Å². The van der Waals surface area contributed by atoms with E-state index in [0.29, 0.717) is 9.76 Å². The molecule has 0 radical (unpaired) electrons. The lowest BCUT2D eigenvalue weighted by Gasteiger charge is -2.16. The van der Waals surface area contributed by atoms with Crippen LogP contribution in [0.15, 0.2) is 22.9 Å². The van der Waals surface area contributed by atoms with E-state index in [1.54, 1.807) is 24.0 Å². The van der Waals surface area contributed by atoms with Crippen LogP contribution in [0.2, 0.25) is 5.15 Å². The third kappa shape index (κ3) is 2.47. The summed E-state index contributed by atoms with van der Waals surface area (Å²) in [5.41, 5.74) is 4.40. The SMILES string of the molecule is Cn1nnc(Br)c1C(NN)c1ccc(Cl)nc1. The van der Waals surface area contributed by atoms with Gasteiger partial charge in [0, 0.05) is 13.2 Å². The van der Waals surface area contributed by atoms with Crippen LogP contribution in [-0.2, 0) is 7.05 Å². The molecule has 3 N–H and O–H groups in total. The van der Waals surface area contributed by atoms with E-state index in [-0.39, 0.29) is 6.04 Å². The summed E-state index contributed by atoms with van der Waals surface area (Å²) in [6.07, 6.45) is 1.66. The highest BCUT2D eigenvalue weighted by atomic mass is 79.9. The first-order valence-electron chi connectivity index (χ1n) is 4.76. The number of rotatable bonds is 3. The van der Waals surface area contributed by atoms with Gasteiger partial charge >= 0.3 is 0 Å². The molecule has 2 aromatic rings. The number of halogens is 2. The van der Waals surface area contributed by atoms with Gasteiger partial charge in [0.15, 0.2) is 4.60 Å². The Morgan fingerprint density at radius 3 is 2.76 bits per heavy atom. The van der Waals surface area contributed by atoms with Crippen molar-refractivity contribution < 1.29 is 0 Å². The van der Waals surface area contributed by atoms with Crippen molar-refractivity contribution in [3.05, 3.63) is 39.3 Å². The van der Waals surface area contributed by atoms with Gasteiger partial charge in [0.25, 0.3) is 0 Å². The van der Waals surface area contributed by atoms with Crippen molar-refractivity contribution >= 4 is 27.5 Å². The van der Waals surface area contributed by atoms with Crippen molar-refractivity contribution in [2.24, 2.45) is 12.9 Å². The third-order valence-electron chi connectivity index (χ3n) is 2.35. The van der Waals surface area contributed by atoms with Crippen LogP contribution in [0.4, 0.5) is 0 Å². The Morgan fingerprint density at radius 1 is 1.53 bits per heavy atom. The molecule has 0 aliphatic heterocycles. The van der Waals surface area contributed by atoms with E-state index in [0.717, 1.165) is 11.3 Å². The topological polar surface area (TPSA) is 81.7 Å². The summed E-state index contributed by atoms with van der Waals surface area (Å²) in [5.74, 6) is 5.57. The smallest absolute Gasteiger partial charge is 0.153 e. The van der Waals surface area contributed by atoms with Gasteiger partial charge in [0.1, 0.15) is 5.15 Å². The lowest BCUT2D eigenvalue weighted by Crippen LogP contribution is -2.30. The fourth-order valence-electron chi connectivity index (χ4n) is 1.54. The summed E-state index contributed by atoms with van der Waals surface area (Å²) in [7, 11) is 1.79. The molecule has 0 fully saturated rings. The monoisotopic (exact) mass is 316 g/mol. The Labute approximate surface area is 111 Å². The quantitative estimate of drug-likeness (QED) is 0.505. The number of hydrogen-bond acceptors (Lipinski definition) is 5. The van der Waals surface area contributed by atoms with Gasteiger partial charge in [-0.15, -0.1) is 5.10 Å². The number of nitrogens with two attached hydrogens (primary N) is 1. The van der Waals surface area contributed by atoms with E-state index in [9.17, 15) is 0 Å². The molecule has 0 spiro atoms. The van der Waals surface area contributed by atoms with E-state index in [1.165, 1.54) is 0 Å². The molecular formula is C9H10BrClN6. The summed E-state index contributed by atoms with van der Waals surface area (Å²) in [4.78, 5) is 4.02. The van der Waals surface area contributed by atoms with Crippen molar-refractivity contribution in [1.82, 2.24) is 25.4 Å². The van der Waals surface area contributed by atoms with Gasteiger partial charge in [-0.05, 0) is 27.6 Å². The van der Waals surface area contributed by atoms with E-state index in [4.69, 9.17) is 17.4 Å². The normalized spacial score (nSPS) is 12.7. The second-order valence-electron chi connectivity index (χ2n) is 3.40. The zero-order valence-corrected chi connectivity index (χ0v) is 11.3. The summed E-state index contributed by atoms with van der Waals surface area (Å²) in [5, 5.41) is 8.26.